The molecule has 0 aliphatic heterocycles. The van der Waals surface area contributed by atoms with E-state index in [1.807, 2.05) is 13.8 Å². The highest BCUT2D eigenvalue weighted by molar-refractivity contribution is 5.79. The van der Waals surface area contributed by atoms with Gasteiger partial charge in [0.15, 0.2) is 5.96 Å². The summed E-state index contributed by atoms with van der Waals surface area (Å²) in [5, 5.41) is 10.2. The molecule has 0 bridgehead atoms. The first-order chi connectivity index (χ1) is 11.3. The van der Waals surface area contributed by atoms with Crippen LogP contribution in [-0.4, -0.2) is 36.9 Å². The molecule has 0 amide bonds. The Bertz CT molecular complexity index is 549. The van der Waals surface area contributed by atoms with Crippen molar-refractivity contribution in [1.29, 1.82) is 0 Å². The highest BCUT2D eigenvalue weighted by atomic mass is 19.4. The second-order valence-corrected chi connectivity index (χ2v) is 6.30. The lowest BCUT2D eigenvalue weighted by Crippen LogP contribution is -2.47. The van der Waals surface area contributed by atoms with Crippen molar-refractivity contribution in [2.75, 3.05) is 13.6 Å². The number of guanidine groups is 1. The first-order valence-corrected chi connectivity index (χ1v) is 8.27. The zero-order valence-electron chi connectivity index (χ0n) is 14.3. The summed E-state index contributed by atoms with van der Waals surface area (Å²) in [6.45, 7) is 4.36. The van der Waals surface area contributed by atoms with Gasteiger partial charge in [-0.2, -0.15) is 13.2 Å². The molecular weight excluding hydrogens is 321 g/mol. The molecule has 2 atom stereocenters. The fourth-order valence-corrected chi connectivity index (χ4v) is 3.17. The average molecular weight is 346 g/mol. The van der Waals surface area contributed by atoms with E-state index in [9.17, 15) is 13.2 Å². The van der Waals surface area contributed by atoms with E-state index >= 15 is 0 Å². The summed E-state index contributed by atoms with van der Waals surface area (Å²) in [6.07, 6.45) is -1.75. The molecule has 2 N–H and O–H groups in total. The largest absolute Gasteiger partial charge is 0.391 e. The minimum Gasteiger partial charge on any atom is -0.361 e. The van der Waals surface area contributed by atoms with Gasteiger partial charge >= 0.3 is 6.18 Å². The normalized spacial score (nSPS) is 22.5. The SMILES string of the molecule is CN=C(NCCc1c(C)noc1C)NC1CCCC(C(F)(F)F)C1. The van der Waals surface area contributed by atoms with Gasteiger partial charge in [-0.1, -0.05) is 11.6 Å². The Labute approximate surface area is 140 Å². The Morgan fingerprint density at radius 2 is 2.08 bits per heavy atom. The van der Waals surface area contributed by atoms with Crippen LogP contribution in [0.3, 0.4) is 0 Å². The fraction of sp³-hybridized carbons (Fsp3) is 0.750. The van der Waals surface area contributed by atoms with Crippen LogP contribution in [0.25, 0.3) is 0 Å². The van der Waals surface area contributed by atoms with Crippen molar-refractivity contribution in [3.05, 3.63) is 17.0 Å². The minimum absolute atomic E-state index is 0.105. The Morgan fingerprint density at radius 3 is 2.67 bits per heavy atom. The lowest BCUT2D eigenvalue weighted by atomic mass is 9.85. The van der Waals surface area contributed by atoms with E-state index in [1.54, 1.807) is 7.05 Å². The lowest BCUT2D eigenvalue weighted by molar-refractivity contribution is -0.183. The monoisotopic (exact) mass is 346 g/mol. The lowest BCUT2D eigenvalue weighted by Gasteiger charge is -2.31. The van der Waals surface area contributed by atoms with Crippen molar-refractivity contribution >= 4 is 5.96 Å². The Morgan fingerprint density at radius 1 is 1.33 bits per heavy atom. The zero-order chi connectivity index (χ0) is 17.7. The minimum atomic E-state index is -4.11. The Hall–Kier alpha value is -1.73. The third-order valence-electron chi connectivity index (χ3n) is 4.55. The molecule has 0 radical (unpaired) electrons. The molecule has 5 nitrogen and oxygen atoms in total. The summed E-state index contributed by atoms with van der Waals surface area (Å²) in [4.78, 5) is 4.11. The van der Waals surface area contributed by atoms with Crippen molar-refractivity contribution in [3.63, 3.8) is 0 Å². The standard InChI is InChI=1S/C16H25F3N4O/c1-10-14(11(2)24-23-10)7-8-21-15(20-3)22-13-6-4-5-12(9-13)16(17,18)19/h12-13H,4-9H2,1-3H3,(H2,20,21,22). The van der Waals surface area contributed by atoms with Crippen LogP contribution < -0.4 is 10.6 Å². The summed E-state index contributed by atoms with van der Waals surface area (Å²) in [6, 6.07) is -0.198. The zero-order valence-corrected chi connectivity index (χ0v) is 14.3. The van der Waals surface area contributed by atoms with Crippen LogP contribution in [-0.2, 0) is 6.42 Å². The summed E-state index contributed by atoms with van der Waals surface area (Å²) in [5.41, 5.74) is 1.91. The predicted molar refractivity (Wildman–Crippen MR) is 86.0 cm³/mol. The summed E-state index contributed by atoms with van der Waals surface area (Å²) in [5.74, 6) is 0.108. The van der Waals surface area contributed by atoms with Gasteiger partial charge in [0.25, 0.3) is 0 Å². The number of rotatable bonds is 4. The summed E-state index contributed by atoms with van der Waals surface area (Å²) >= 11 is 0. The summed E-state index contributed by atoms with van der Waals surface area (Å²) < 4.78 is 43.8. The number of hydrogen-bond acceptors (Lipinski definition) is 3. The molecule has 1 saturated carbocycles. The molecule has 1 aromatic rings. The number of halogens is 3. The van der Waals surface area contributed by atoms with Gasteiger partial charge < -0.3 is 15.2 Å². The summed E-state index contributed by atoms with van der Waals surface area (Å²) in [7, 11) is 1.62. The highest BCUT2D eigenvalue weighted by Gasteiger charge is 2.42. The topological polar surface area (TPSA) is 62.5 Å². The third kappa shape index (κ3) is 4.88. The molecule has 0 aromatic carbocycles. The Balaban J connectivity index is 1.82. The quantitative estimate of drug-likeness (QED) is 0.649. The first-order valence-electron chi connectivity index (χ1n) is 8.27. The molecule has 0 spiro atoms. The van der Waals surface area contributed by atoms with Gasteiger partial charge in [-0.15, -0.1) is 0 Å². The van der Waals surface area contributed by atoms with Crippen molar-refractivity contribution in [1.82, 2.24) is 15.8 Å². The number of alkyl halides is 3. The molecule has 1 aliphatic rings. The maximum atomic E-state index is 12.9. The average Bonchev–Trinajstić information content (AvgIpc) is 2.85. The number of hydrogen-bond donors (Lipinski definition) is 2. The van der Waals surface area contributed by atoms with E-state index in [-0.39, 0.29) is 18.9 Å². The van der Waals surface area contributed by atoms with Crippen LogP contribution in [0.5, 0.6) is 0 Å². The van der Waals surface area contributed by atoms with Gasteiger partial charge in [0.1, 0.15) is 5.76 Å². The molecule has 0 saturated heterocycles. The third-order valence-corrected chi connectivity index (χ3v) is 4.55. The van der Waals surface area contributed by atoms with Gasteiger partial charge in [0.05, 0.1) is 11.6 Å². The molecule has 1 aromatic heterocycles. The molecular formula is C16H25F3N4O. The van der Waals surface area contributed by atoms with Crippen LogP contribution >= 0.6 is 0 Å². The maximum Gasteiger partial charge on any atom is 0.391 e. The second kappa shape index (κ2) is 7.90. The predicted octanol–water partition coefficient (Wildman–Crippen LogP) is 3.12. The van der Waals surface area contributed by atoms with Gasteiger partial charge in [-0.25, -0.2) is 0 Å². The van der Waals surface area contributed by atoms with E-state index in [0.717, 1.165) is 29.9 Å². The van der Waals surface area contributed by atoms with Gasteiger partial charge in [-0.05, 0) is 39.5 Å². The smallest absolute Gasteiger partial charge is 0.361 e. The molecule has 136 valence electrons. The van der Waals surface area contributed by atoms with Crippen molar-refractivity contribution < 1.29 is 17.7 Å². The fourth-order valence-electron chi connectivity index (χ4n) is 3.17. The molecule has 2 rings (SSSR count). The number of nitrogens with zero attached hydrogens (tertiary/aromatic N) is 2. The number of aromatic nitrogens is 1. The van der Waals surface area contributed by atoms with Crippen LogP contribution in [0.2, 0.25) is 0 Å². The van der Waals surface area contributed by atoms with E-state index < -0.39 is 12.1 Å². The van der Waals surface area contributed by atoms with Crippen LogP contribution in [0.1, 0.15) is 42.7 Å². The van der Waals surface area contributed by atoms with E-state index in [4.69, 9.17) is 4.52 Å². The first kappa shape index (κ1) is 18.6. The van der Waals surface area contributed by atoms with Crippen LogP contribution in [0.4, 0.5) is 13.2 Å². The molecule has 24 heavy (non-hydrogen) atoms. The highest BCUT2D eigenvalue weighted by Crippen LogP contribution is 2.37. The van der Waals surface area contributed by atoms with Crippen molar-refractivity contribution in [2.24, 2.45) is 10.9 Å². The second-order valence-electron chi connectivity index (χ2n) is 6.30. The van der Waals surface area contributed by atoms with E-state index in [2.05, 4.69) is 20.8 Å². The van der Waals surface area contributed by atoms with Crippen molar-refractivity contribution in [3.8, 4) is 0 Å². The maximum absolute atomic E-state index is 12.9. The number of aliphatic imine (C=N–C) groups is 1. The van der Waals surface area contributed by atoms with Crippen LogP contribution in [0.15, 0.2) is 9.52 Å². The molecule has 1 aliphatic carbocycles. The number of nitrogens with one attached hydrogen (secondary N) is 2. The number of aryl methyl sites for hydroxylation is 2. The van der Waals surface area contributed by atoms with Crippen molar-refractivity contribution in [2.45, 2.75) is 58.2 Å². The van der Waals surface area contributed by atoms with Crippen LogP contribution in [0, 0.1) is 19.8 Å². The molecule has 1 heterocycles. The van der Waals surface area contributed by atoms with E-state index in [1.165, 1.54) is 0 Å². The van der Waals surface area contributed by atoms with Gasteiger partial charge in [0, 0.05) is 25.2 Å². The molecule has 8 heteroatoms. The van der Waals surface area contributed by atoms with Gasteiger partial charge in [0.2, 0.25) is 0 Å². The van der Waals surface area contributed by atoms with Gasteiger partial charge in [-0.3, -0.25) is 4.99 Å². The van der Waals surface area contributed by atoms with E-state index in [0.29, 0.717) is 18.9 Å². The molecule has 1 fully saturated rings. The molecule has 2 unspecified atom stereocenters. The Kier molecular flexibility index (Phi) is 6.12.